The van der Waals surface area contributed by atoms with Crippen LogP contribution in [-0.2, 0) is 9.53 Å². The van der Waals surface area contributed by atoms with E-state index >= 15 is 0 Å². The summed E-state index contributed by atoms with van der Waals surface area (Å²) in [6.45, 7) is 0.536. The summed E-state index contributed by atoms with van der Waals surface area (Å²) in [6, 6.07) is 15.5. The minimum absolute atomic E-state index is 0.171. The van der Waals surface area contributed by atoms with Gasteiger partial charge in [-0.05, 0) is 17.7 Å². The second-order valence-corrected chi connectivity index (χ2v) is 5.07. The van der Waals surface area contributed by atoms with Crippen LogP contribution in [0.4, 0.5) is 4.39 Å². The van der Waals surface area contributed by atoms with Crippen molar-refractivity contribution >= 4 is 5.91 Å². The van der Waals surface area contributed by atoms with Crippen LogP contribution in [0.25, 0.3) is 0 Å². The predicted molar refractivity (Wildman–Crippen MR) is 85.7 cm³/mol. The zero-order valence-electron chi connectivity index (χ0n) is 13.2. The molecule has 1 unspecified atom stereocenters. The summed E-state index contributed by atoms with van der Waals surface area (Å²) in [6.07, 6.45) is -0.658. The number of methoxy groups -OCH3 is 1. The van der Waals surface area contributed by atoms with E-state index in [1.165, 1.54) is 18.1 Å². The minimum atomic E-state index is -0.658. The van der Waals surface area contributed by atoms with Crippen LogP contribution < -0.4 is 4.74 Å². The maximum atomic E-state index is 13.5. The molecule has 0 aliphatic rings. The van der Waals surface area contributed by atoms with Crippen LogP contribution in [-0.4, -0.2) is 38.1 Å². The van der Waals surface area contributed by atoms with Crippen molar-refractivity contribution in [1.82, 2.24) is 4.90 Å². The van der Waals surface area contributed by atoms with Gasteiger partial charge in [-0.3, -0.25) is 4.79 Å². The van der Waals surface area contributed by atoms with E-state index < -0.39 is 11.9 Å². The number of amides is 1. The fourth-order valence-electron chi connectivity index (χ4n) is 2.17. The van der Waals surface area contributed by atoms with Gasteiger partial charge in [-0.1, -0.05) is 42.5 Å². The Morgan fingerprint density at radius 2 is 1.78 bits per heavy atom. The first-order valence-corrected chi connectivity index (χ1v) is 7.33. The number of hydrogen-bond donors (Lipinski definition) is 0. The van der Waals surface area contributed by atoms with Gasteiger partial charge in [0.05, 0.1) is 6.54 Å². The molecule has 0 spiro atoms. The highest BCUT2D eigenvalue weighted by Gasteiger charge is 2.23. The first kappa shape index (κ1) is 17.0. The van der Waals surface area contributed by atoms with E-state index in [2.05, 4.69) is 0 Å². The van der Waals surface area contributed by atoms with Crippen molar-refractivity contribution in [2.24, 2.45) is 0 Å². The molecule has 23 heavy (non-hydrogen) atoms. The molecule has 4 nitrogen and oxygen atoms in total. The molecule has 0 bridgehead atoms. The Balaban J connectivity index is 1.90. The van der Waals surface area contributed by atoms with Gasteiger partial charge in [0.15, 0.2) is 17.7 Å². The summed E-state index contributed by atoms with van der Waals surface area (Å²) in [4.78, 5) is 14.0. The third-order valence-corrected chi connectivity index (χ3v) is 3.46. The Morgan fingerprint density at radius 3 is 2.43 bits per heavy atom. The van der Waals surface area contributed by atoms with E-state index in [9.17, 15) is 9.18 Å². The third-order valence-electron chi connectivity index (χ3n) is 3.46. The van der Waals surface area contributed by atoms with E-state index in [0.717, 1.165) is 5.56 Å². The molecule has 0 saturated heterocycles. The number of carbonyl (C=O) groups is 1. The second kappa shape index (κ2) is 8.29. The van der Waals surface area contributed by atoms with Crippen molar-refractivity contribution in [1.29, 1.82) is 0 Å². The lowest BCUT2D eigenvalue weighted by Crippen LogP contribution is -2.35. The number of hydrogen-bond acceptors (Lipinski definition) is 3. The number of ether oxygens (including phenoxy) is 2. The summed E-state index contributed by atoms with van der Waals surface area (Å²) >= 11 is 0. The number of halogens is 1. The largest absolute Gasteiger partial charge is 0.489 e. The van der Waals surface area contributed by atoms with E-state index in [1.54, 1.807) is 25.2 Å². The highest BCUT2D eigenvalue weighted by molar-refractivity contribution is 5.82. The van der Waals surface area contributed by atoms with Gasteiger partial charge < -0.3 is 14.4 Å². The van der Waals surface area contributed by atoms with Crippen LogP contribution in [0.5, 0.6) is 5.75 Å². The molecule has 0 N–H and O–H groups in total. The molecule has 1 atom stereocenters. The summed E-state index contributed by atoms with van der Waals surface area (Å²) in [5, 5.41) is 0. The zero-order valence-corrected chi connectivity index (χ0v) is 13.2. The van der Waals surface area contributed by atoms with Crippen LogP contribution in [0.3, 0.4) is 0 Å². The topological polar surface area (TPSA) is 38.8 Å². The third kappa shape index (κ3) is 4.53. The molecular weight excluding hydrogens is 297 g/mol. The second-order valence-electron chi connectivity index (χ2n) is 5.07. The summed E-state index contributed by atoms with van der Waals surface area (Å²) in [5.41, 5.74) is 0.793. The normalized spacial score (nSPS) is 11.8. The van der Waals surface area contributed by atoms with Crippen molar-refractivity contribution in [3.63, 3.8) is 0 Å². The van der Waals surface area contributed by atoms with Crippen molar-refractivity contribution in [3.05, 3.63) is 66.0 Å². The van der Waals surface area contributed by atoms with Gasteiger partial charge in [0.2, 0.25) is 0 Å². The number of rotatable bonds is 7. The smallest absolute Gasteiger partial charge is 0.256 e. The molecule has 0 aliphatic heterocycles. The fraction of sp³-hybridized carbons (Fsp3) is 0.278. The molecule has 0 heterocycles. The zero-order chi connectivity index (χ0) is 16.7. The monoisotopic (exact) mass is 317 g/mol. The Bertz CT molecular complexity index is 633. The maximum Gasteiger partial charge on any atom is 0.256 e. The number of likely N-dealkylation sites (N-methyl/N-ethyl adjacent to an activating group) is 1. The minimum Gasteiger partial charge on any atom is -0.489 e. The lowest BCUT2D eigenvalue weighted by molar-refractivity contribution is -0.141. The molecule has 2 aromatic rings. The van der Waals surface area contributed by atoms with E-state index in [-0.39, 0.29) is 18.3 Å². The lowest BCUT2D eigenvalue weighted by Gasteiger charge is -2.23. The molecule has 0 saturated carbocycles. The average molecular weight is 317 g/mol. The van der Waals surface area contributed by atoms with E-state index in [0.29, 0.717) is 6.54 Å². The fourth-order valence-corrected chi connectivity index (χ4v) is 2.17. The van der Waals surface area contributed by atoms with Gasteiger partial charge in [-0.25, -0.2) is 4.39 Å². The first-order valence-electron chi connectivity index (χ1n) is 7.33. The van der Waals surface area contributed by atoms with Gasteiger partial charge in [-0.2, -0.15) is 0 Å². The number of nitrogens with zero attached hydrogens (tertiary/aromatic N) is 1. The molecule has 2 rings (SSSR count). The Morgan fingerprint density at radius 1 is 1.13 bits per heavy atom. The molecule has 5 heteroatoms. The van der Waals surface area contributed by atoms with Crippen molar-refractivity contribution in [3.8, 4) is 5.75 Å². The van der Waals surface area contributed by atoms with Gasteiger partial charge in [0.25, 0.3) is 5.91 Å². The Labute approximate surface area is 135 Å². The van der Waals surface area contributed by atoms with Crippen molar-refractivity contribution in [2.45, 2.75) is 6.10 Å². The molecule has 0 radical (unpaired) electrons. The number of benzene rings is 2. The highest BCUT2D eigenvalue weighted by Crippen LogP contribution is 2.19. The average Bonchev–Trinajstić information content (AvgIpc) is 2.58. The number of carbonyl (C=O) groups excluding carboxylic acids is 1. The molecule has 0 aliphatic carbocycles. The summed E-state index contributed by atoms with van der Waals surface area (Å²) in [7, 11) is 3.17. The highest BCUT2D eigenvalue weighted by atomic mass is 19.1. The molecule has 2 aromatic carbocycles. The molecule has 0 aromatic heterocycles. The van der Waals surface area contributed by atoms with Crippen LogP contribution in [0, 0.1) is 5.82 Å². The van der Waals surface area contributed by atoms with Crippen molar-refractivity contribution < 1.29 is 18.7 Å². The molecule has 122 valence electrons. The van der Waals surface area contributed by atoms with Gasteiger partial charge in [0, 0.05) is 14.2 Å². The molecule has 1 amide bonds. The van der Waals surface area contributed by atoms with Crippen LogP contribution in [0.2, 0.25) is 0 Å². The summed E-state index contributed by atoms with van der Waals surface area (Å²) in [5.74, 6) is -0.406. The molecule has 0 fully saturated rings. The maximum absolute atomic E-state index is 13.5. The van der Waals surface area contributed by atoms with Crippen LogP contribution in [0.1, 0.15) is 11.7 Å². The van der Waals surface area contributed by atoms with E-state index in [4.69, 9.17) is 9.47 Å². The predicted octanol–water partition coefficient (Wildman–Crippen LogP) is 3.05. The number of para-hydroxylation sites is 1. The molecular formula is C18H20FNO3. The van der Waals surface area contributed by atoms with Gasteiger partial charge in [-0.15, -0.1) is 0 Å². The Kier molecular flexibility index (Phi) is 6.11. The standard InChI is InChI=1S/C18H20FNO3/c1-20(12-13-23-16-11-7-6-10-15(16)19)18(21)17(22-2)14-8-4-3-5-9-14/h3-11,17H,12-13H2,1-2H3. The van der Waals surface area contributed by atoms with E-state index in [1.807, 2.05) is 30.3 Å². The van der Waals surface area contributed by atoms with Gasteiger partial charge in [0.1, 0.15) is 6.61 Å². The van der Waals surface area contributed by atoms with Crippen LogP contribution >= 0.6 is 0 Å². The van der Waals surface area contributed by atoms with Gasteiger partial charge >= 0.3 is 0 Å². The summed E-state index contributed by atoms with van der Waals surface area (Å²) < 4.78 is 24.1. The lowest BCUT2D eigenvalue weighted by atomic mass is 10.1. The Hall–Kier alpha value is -2.40. The van der Waals surface area contributed by atoms with Crippen molar-refractivity contribution in [2.75, 3.05) is 27.3 Å². The first-order chi connectivity index (χ1) is 11.1. The van der Waals surface area contributed by atoms with Crippen LogP contribution in [0.15, 0.2) is 54.6 Å². The quantitative estimate of drug-likeness (QED) is 0.788. The SMILES string of the molecule is COC(C(=O)N(C)CCOc1ccccc1F)c1ccccc1.